The van der Waals surface area contributed by atoms with Crippen LogP contribution in [0.15, 0.2) is 132 Å². The Bertz CT molecular complexity index is 1270. The molecule has 4 aromatic carbocycles. The summed E-state index contributed by atoms with van der Waals surface area (Å²) in [5.74, 6) is -0.107. The highest BCUT2D eigenvalue weighted by Gasteiger charge is 2.38. The van der Waals surface area contributed by atoms with Gasteiger partial charge in [-0.05, 0) is 41.0 Å². The number of carbonyl (C=O) groups excluding carboxylic acids is 1. The molecule has 0 bridgehead atoms. The van der Waals surface area contributed by atoms with Gasteiger partial charge in [0.15, 0.2) is 0 Å². The number of aromatic nitrogens is 2. The molecule has 1 aromatic heterocycles. The van der Waals surface area contributed by atoms with Crippen molar-refractivity contribution in [2.75, 3.05) is 0 Å². The first-order chi connectivity index (χ1) is 16.2. The second kappa shape index (κ2) is 9.00. The van der Waals surface area contributed by atoms with Crippen molar-refractivity contribution in [2.24, 2.45) is 0 Å². The lowest BCUT2D eigenvalue weighted by Gasteiger charge is -2.37. The van der Waals surface area contributed by atoms with Crippen LogP contribution in [0.2, 0.25) is 0 Å². The second-order valence-corrected chi connectivity index (χ2v) is 8.73. The predicted octanol–water partition coefficient (Wildman–Crippen LogP) is 6.72. The average molecular weight is 493 g/mol. The Morgan fingerprint density at radius 2 is 1.12 bits per heavy atom. The average Bonchev–Trinajstić information content (AvgIpc) is 3.37. The van der Waals surface area contributed by atoms with Crippen molar-refractivity contribution in [1.29, 1.82) is 0 Å². The third-order valence-corrected chi connectivity index (χ3v) is 6.41. The van der Waals surface area contributed by atoms with Crippen molar-refractivity contribution < 1.29 is 4.79 Å². The van der Waals surface area contributed by atoms with Gasteiger partial charge in [-0.15, -0.1) is 0 Å². The summed E-state index contributed by atoms with van der Waals surface area (Å²) in [6, 6.07) is 38.4. The van der Waals surface area contributed by atoms with Gasteiger partial charge in [0.2, 0.25) is 5.78 Å². The molecule has 1 heterocycles. The molecule has 3 nitrogen and oxygen atoms in total. The van der Waals surface area contributed by atoms with Crippen LogP contribution in [0.3, 0.4) is 0 Å². The SMILES string of the molecule is O=C(c1ccc(Br)cc1)c1cn(C(c2ccccc2)(c2ccccc2)c2ccccc2)cn1. The molecule has 5 aromatic rings. The van der Waals surface area contributed by atoms with Gasteiger partial charge in [-0.3, -0.25) is 4.79 Å². The van der Waals surface area contributed by atoms with Gasteiger partial charge >= 0.3 is 0 Å². The molecule has 0 aliphatic carbocycles. The maximum atomic E-state index is 13.2. The Morgan fingerprint density at radius 3 is 1.58 bits per heavy atom. The molecule has 33 heavy (non-hydrogen) atoms. The van der Waals surface area contributed by atoms with E-state index in [1.165, 1.54) is 0 Å². The standard InChI is InChI=1S/C29H21BrN2O/c30-26-18-16-22(17-19-26)28(33)27-20-32(21-31-27)29(23-10-4-1-5-11-23,24-12-6-2-7-13-24)25-14-8-3-9-15-25/h1-21H. The molecule has 0 fully saturated rings. The van der Waals surface area contributed by atoms with Gasteiger partial charge < -0.3 is 4.57 Å². The summed E-state index contributed by atoms with van der Waals surface area (Å²) in [5.41, 5.74) is 3.58. The minimum atomic E-state index is -0.685. The molecule has 0 atom stereocenters. The zero-order valence-electron chi connectivity index (χ0n) is 17.8. The number of imidazole rings is 1. The highest BCUT2D eigenvalue weighted by Crippen LogP contribution is 2.40. The van der Waals surface area contributed by atoms with Crippen LogP contribution in [0.4, 0.5) is 0 Å². The number of halogens is 1. The smallest absolute Gasteiger partial charge is 0.212 e. The molecule has 0 spiro atoms. The zero-order valence-corrected chi connectivity index (χ0v) is 19.4. The van der Waals surface area contributed by atoms with Crippen molar-refractivity contribution in [3.05, 3.63) is 160 Å². The third-order valence-electron chi connectivity index (χ3n) is 5.88. The summed E-state index contributed by atoms with van der Waals surface area (Å²) in [5, 5.41) is 0. The third kappa shape index (κ3) is 3.83. The van der Waals surface area contributed by atoms with Crippen LogP contribution >= 0.6 is 15.9 Å². The second-order valence-electron chi connectivity index (χ2n) is 7.81. The molecule has 4 heteroatoms. The fourth-order valence-electron chi connectivity index (χ4n) is 4.36. The highest BCUT2D eigenvalue weighted by molar-refractivity contribution is 9.10. The molecule has 0 radical (unpaired) electrons. The minimum absolute atomic E-state index is 0.107. The molecule has 0 saturated heterocycles. The van der Waals surface area contributed by atoms with Crippen LogP contribution in [0.5, 0.6) is 0 Å². The van der Waals surface area contributed by atoms with Gasteiger partial charge in [0.25, 0.3) is 0 Å². The highest BCUT2D eigenvalue weighted by atomic mass is 79.9. The minimum Gasteiger partial charge on any atom is -0.318 e. The fourth-order valence-corrected chi connectivity index (χ4v) is 4.62. The molecule has 0 aliphatic rings. The monoisotopic (exact) mass is 492 g/mol. The summed E-state index contributed by atoms with van der Waals surface area (Å²) >= 11 is 3.43. The largest absolute Gasteiger partial charge is 0.318 e. The summed E-state index contributed by atoms with van der Waals surface area (Å²) in [4.78, 5) is 17.8. The molecule has 0 aliphatic heterocycles. The van der Waals surface area contributed by atoms with E-state index in [2.05, 4.69) is 61.9 Å². The van der Waals surface area contributed by atoms with E-state index in [0.29, 0.717) is 11.3 Å². The summed E-state index contributed by atoms with van der Waals surface area (Å²) in [6.45, 7) is 0. The van der Waals surface area contributed by atoms with Crippen molar-refractivity contribution in [1.82, 2.24) is 9.55 Å². The molecule has 0 saturated carbocycles. The van der Waals surface area contributed by atoms with Crippen LogP contribution in [-0.2, 0) is 5.54 Å². The molecular weight excluding hydrogens is 472 g/mol. The summed E-state index contributed by atoms with van der Waals surface area (Å²) in [7, 11) is 0. The summed E-state index contributed by atoms with van der Waals surface area (Å²) < 4.78 is 2.99. The van der Waals surface area contributed by atoms with Gasteiger partial charge in [0.1, 0.15) is 11.2 Å². The zero-order chi connectivity index (χ0) is 22.7. The van der Waals surface area contributed by atoms with E-state index in [1.807, 2.05) is 85.1 Å². The number of nitrogens with zero attached hydrogens (tertiary/aromatic N) is 2. The number of hydrogen-bond acceptors (Lipinski definition) is 2. The summed E-state index contributed by atoms with van der Waals surface area (Å²) in [6.07, 6.45) is 3.62. The molecule has 5 rings (SSSR count). The lowest BCUT2D eigenvalue weighted by atomic mass is 9.77. The van der Waals surface area contributed by atoms with E-state index in [1.54, 1.807) is 6.33 Å². The topological polar surface area (TPSA) is 34.9 Å². The number of hydrogen-bond donors (Lipinski definition) is 0. The molecule has 0 amide bonds. The van der Waals surface area contributed by atoms with E-state index in [-0.39, 0.29) is 5.78 Å². The Labute approximate surface area is 201 Å². The van der Waals surface area contributed by atoms with E-state index < -0.39 is 5.54 Å². The quantitative estimate of drug-likeness (QED) is 0.195. The Balaban J connectivity index is 1.74. The van der Waals surface area contributed by atoms with Crippen molar-refractivity contribution in [3.63, 3.8) is 0 Å². The van der Waals surface area contributed by atoms with E-state index in [4.69, 9.17) is 0 Å². The van der Waals surface area contributed by atoms with Crippen molar-refractivity contribution in [3.8, 4) is 0 Å². The molecule has 0 unspecified atom stereocenters. The first kappa shape index (κ1) is 21.1. The maximum Gasteiger partial charge on any atom is 0.212 e. The Kier molecular flexibility index (Phi) is 5.76. The lowest BCUT2D eigenvalue weighted by Crippen LogP contribution is -2.37. The van der Waals surface area contributed by atoms with E-state index >= 15 is 0 Å². The number of rotatable bonds is 6. The molecule has 160 valence electrons. The fraction of sp³-hybridized carbons (Fsp3) is 0.0345. The predicted molar refractivity (Wildman–Crippen MR) is 134 cm³/mol. The van der Waals surface area contributed by atoms with Gasteiger partial charge in [-0.25, -0.2) is 4.98 Å². The van der Waals surface area contributed by atoms with E-state index in [9.17, 15) is 4.79 Å². The lowest BCUT2D eigenvalue weighted by molar-refractivity contribution is 0.103. The first-order valence-electron chi connectivity index (χ1n) is 10.7. The van der Waals surface area contributed by atoms with Crippen LogP contribution in [-0.4, -0.2) is 15.3 Å². The van der Waals surface area contributed by atoms with Crippen molar-refractivity contribution in [2.45, 2.75) is 5.54 Å². The van der Waals surface area contributed by atoms with Crippen LogP contribution in [0.1, 0.15) is 32.7 Å². The molecule has 0 N–H and O–H groups in total. The van der Waals surface area contributed by atoms with E-state index in [0.717, 1.165) is 21.2 Å². The van der Waals surface area contributed by atoms with Gasteiger partial charge in [-0.2, -0.15) is 0 Å². The Hall–Kier alpha value is -3.76. The van der Waals surface area contributed by atoms with Gasteiger partial charge in [0, 0.05) is 16.2 Å². The van der Waals surface area contributed by atoms with Crippen molar-refractivity contribution >= 4 is 21.7 Å². The van der Waals surface area contributed by atoms with Gasteiger partial charge in [0.05, 0.1) is 6.33 Å². The van der Waals surface area contributed by atoms with Crippen LogP contribution < -0.4 is 0 Å². The van der Waals surface area contributed by atoms with Crippen LogP contribution in [0.25, 0.3) is 0 Å². The van der Waals surface area contributed by atoms with Crippen LogP contribution in [0, 0.1) is 0 Å². The Morgan fingerprint density at radius 1 is 0.667 bits per heavy atom. The van der Waals surface area contributed by atoms with Gasteiger partial charge in [-0.1, -0.05) is 107 Å². The number of benzene rings is 4. The maximum absolute atomic E-state index is 13.2. The number of ketones is 1. The first-order valence-corrected chi connectivity index (χ1v) is 11.5. The molecular formula is C29H21BrN2O. The normalized spacial score (nSPS) is 11.3. The number of carbonyl (C=O) groups is 1.